The normalized spacial score (nSPS) is 14.5. The first-order chi connectivity index (χ1) is 5.92. The molecule has 6 heteroatoms. The van der Waals surface area contributed by atoms with Gasteiger partial charge in [0.2, 0.25) is 4.93 Å². The summed E-state index contributed by atoms with van der Waals surface area (Å²) in [5.41, 5.74) is 0. The molecule has 0 fully saturated rings. The first kappa shape index (κ1) is 12.0. The number of carbonyl (C=O) groups is 2. The molecule has 0 saturated carbocycles. The number of hydrogen-bond acceptors (Lipinski definition) is 4. The van der Waals surface area contributed by atoms with E-state index in [9.17, 15) is 14.7 Å². The number of carboxylic acid groups (broad SMARTS) is 2. The number of rotatable bonds is 6. The second-order valence-corrected chi connectivity index (χ2v) is 3.56. The smallest absolute Gasteiger partial charge is 0.347 e. The van der Waals surface area contributed by atoms with Crippen LogP contribution in [-0.4, -0.2) is 37.9 Å². The fraction of sp³-hybridized carbons (Fsp3) is 0.429. The van der Waals surface area contributed by atoms with E-state index in [-0.39, 0.29) is 5.75 Å². The zero-order valence-corrected chi connectivity index (χ0v) is 7.58. The Morgan fingerprint density at radius 3 is 2.31 bits per heavy atom. The molecule has 0 aromatic rings. The maximum Gasteiger partial charge on any atom is 0.347 e. The molecule has 0 saturated heterocycles. The molecule has 0 heterocycles. The fourth-order valence-corrected chi connectivity index (χ4v) is 1.33. The minimum atomic E-state index is -2.26. The van der Waals surface area contributed by atoms with E-state index >= 15 is 0 Å². The van der Waals surface area contributed by atoms with Gasteiger partial charge in [-0.05, 0) is 0 Å². The maximum absolute atomic E-state index is 10.5. The quantitative estimate of drug-likeness (QED) is 0.423. The third kappa shape index (κ3) is 3.95. The molecular formula is C7H10O5S. The third-order valence-corrected chi connectivity index (χ3v) is 2.36. The summed E-state index contributed by atoms with van der Waals surface area (Å²) in [6.45, 7) is 3.33. The summed E-state index contributed by atoms with van der Waals surface area (Å²) in [5.74, 6) is -2.74. The number of hydrogen-bond donors (Lipinski definition) is 3. The van der Waals surface area contributed by atoms with Gasteiger partial charge in [-0.1, -0.05) is 6.08 Å². The first-order valence-electron chi connectivity index (χ1n) is 3.35. The van der Waals surface area contributed by atoms with Crippen molar-refractivity contribution in [1.82, 2.24) is 0 Å². The average Bonchev–Trinajstić information content (AvgIpc) is 1.99. The molecule has 5 nitrogen and oxygen atoms in total. The van der Waals surface area contributed by atoms with Gasteiger partial charge in [-0.2, -0.15) is 0 Å². The van der Waals surface area contributed by atoms with Gasteiger partial charge in [-0.25, -0.2) is 4.79 Å². The summed E-state index contributed by atoms with van der Waals surface area (Å²) in [6, 6.07) is 0. The molecule has 0 aliphatic rings. The van der Waals surface area contributed by atoms with Crippen LogP contribution in [0.5, 0.6) is 0 Å². The molecular weight excluding hydrogens is 196 g/mol. The Hall–Kier alpha value is -1.01. The minimum Gasteiger partial charge on any atom is -0.481 e. The summed E-state index contributed by atoms with van der Waals surface area (Å²) >= 11 is 0.617. The predicted molar refractivity (Wildman–Crippen MR) is 47.5 cm³/mol. The van der Waals surface area contributed by atoms with E-state index in [1.807, 2.05) is 0 Å². The molecule has 0 rings (SSSR count). The van der Waals surface area contributed by atoms with E-state index < -0.39 is 23.3 Å². The van der Waals surface area contributed by atoms with Crippen LogP contribution in [-0.2, 0) is 9.59 Å². The van der Waals surface area contributed by atoms with Crippen LogP contribution in [0.2, 0.25) is 0 Å². The van der Waals surface area contributed by atoms with Crippen LogP contribution in [0.25, 0.3) is 0 Å². The zero-order chi connectivity index (χ0) is 10.5. The van der Waals surface area contributed by atoms with Gasteiger partial charge in [-0.15, -0.1) is 18.3 Å². The highest BCUT2D eigenvalue weighted by molar-refractivity contribution is 8.01. The number of thioether (sulfide) groups is 1. The molecule has 13 heavy (non-hydrogen) atoms. The summed E-state index contributed by atoms with van der Waals surface area (Å²) < 4.78 is 0. The highest BCUT2D eigenvalue weighted by Crippen LogP contribution is 2.26. The van der Waals surface area contributed by atoms with E-state index in [1.165, 1.54) is 6.08 Å². The Balaban J connectivity index is 4.42. The van der Waals surface area contributed by atoms with Crippen LogP contribution in [0.15, 0.2) is 12.7 Å². The Labute approximate surface area is 79.1 Å². The van der Waals surface area contributed by atoms with Gasteiger partial charge >= 0.3 is 11.9 Å². The molecule has 0 aliphatic carbocycles. The largest absolute Gasteiger partial charge is 0.481 e. The van der Waals surface area contributed by atoms with Crippen LogP contribution in [0.4, 0.5) is 0 Å². The summed E-state index contributed by atoms with van der Waals surface area (Å²) in [4.78, 5) is 18.5. The van der Waals surface area contributed by atoms with E-state index in [4.69, 9.17) is 10.2 Å². The Kier molecular flexibility index (Phi) is 4.50. The van der Waals surface area contributed by atoms with Crippen LogP contribution in [0.3, 0.4) is 0 Å². The van der Waals surface area contributed by atoms with Crippen LogP contribution in [0.1, 0.15) is 6.42 Å². The van der Waals surface area contributed by atoms with Gasteiger partial charge in [0, 0.05) is 5.75 Å². The van der Waals surface area contributed by atoms with Crippen molar-refractivity contribution in [3.8, 4) is 0 Å². The molecule has 0 spiro atoms. The average molecular weight is 206 g/mol. The second kappa shape index (κ2) is 4.88. The lowest BCUT2D eigenvalue weighted by Gasteiger charge is -2.19. The summed E-state index contributed by atoms with van der Waals surface area (Å²) in [7, 11) is 0. The van der Waals surface area contributed by atoms with Gasteiger partial charge < -0.3 is 15.3 Å². The topological polar surface area (TPSA) is 94.8 Å². The molecule has 74 valence electrons. The van der Waals surface area contributed by atoms with E-state index in [1.54, 1.807) is 0 Å². The predicted octanol–water partition coefficient (Wildman–Crippen LogP) is 0.153. The summed E-state index contributed by atoms with van der Waals surface area (Å²) in [5, 5.41) is 26.2. The maximum atomic E-state index is 10.5. The van der Waals surface area contributed by atoms with Gasteiger partial charge in [-0.3, -0.25) is 4.79 Å². The summed E-state index contributed by atoms with van der Waals surface area (Å²) in [6.07, 6.45) is 0.557. The van der Waals surface area contributed by atoms with Crippen molar-refractivity contribution in [2.75, 3.05) is 5.75 Å². The molecule has 0 aromatic carbocycles. The van der Waals surface area contributed by atoms with Crippen molar-refractivity contribution in [3.05, 3.63) is 12.7 Å². The van der Waals surface area contributed by atoms with Gasteiger partial charge in [0.15, 0.2) is 0 Å². The van der Waals surface area contributed by atoms with Crippen molar-refractivity contribution >= 4 is 23.7 Å². The SMILES string of the molecule is C=CCSC(O)(CC(=O)O)C(=O)O. The van der Waals surface area contributed by atoms with Crippen LogP contribution >= 0.6 is 11.8 Å². The third-order valence-electron chi connectivity index (χ3n) is 1.16. The monoisotopic (exact) mass is 206 g/mol. The minimum absolute atomic E-state index is 0.177. The van der Waals surface area contributed by atoms with E-state index in [2.05, 4.69) is 6.58 Å². The van der Waals surface area contributed by atoms with Gasteiger partial charge in [0.1, 0.15) is 0 Å². The molecule has 0 amide bonds. The standard InChI is InChI=1S/C7H10O5S/c1-2-3-13-7(12,6(10)11)4-5(8)9/h2,12H,1,3-4H2,(H,8,9)(H,10,11). The number of carboxylic acids is 2. The Bertz CT molecular complexity index is 227. The lowest BCUT2D eigenvalue weighted by molar-refractivity contribution is -0.155. The van der Waals surface area contributed by atoms with E-state index in [0.29, 0.717) is 11.8 Å². The molecule has 0 aromatic heterocycles. The van der Waals surface area contributed by atoms with E-state index in [0.717, 1.165) is 0 Å². The Morgan fingerprint density at radius 2 is 2.00 bits per heavy atom. The second-order valence-electron chi connectivity index (χ2n) is 2.26. The zero-order valence-electron chi connectivity index (χ0n) is 6.77. The molecule has 0 aliphatic heterocycles. The lowest BCUT2D eigenvalue weighted by atomic mass is 10.2. The number of aliphatic hydroxyl groups is 1. The van der Waals surface area contributed by atoms with Crippen molar-refractivity contribution in [1.29, 1.82) is 0 Å². The van der Waals surface area contributed by atoms with Gasteiger partial charge in [0.25, 0.3) is 0 Å². The van der Waals surface area contributed by atoms with Crippen molar-refractivity contribution in [2.24, 2.45) is 0 Å². The molecule has 3 N–H and O–H groups in total. The van der Waals surface area contributed by atoms with Crippen molar-refractivity contribution in [2.45, 2.75) is 11.4 Å². The number of aliphatic carboxylic acids is 2. The first-order valence-corrected chi connectivity index (χ1v) is 4.33. The Morgan fingerprint density at radius 1 is 1.46 bits per heavy atom. The molecule has 1 unspecified atom stereocenters. The van der Waals surface area contributed by atoms with Crippen LogP contribution in [0, 0.1) is 0 Å². The van der Waals surface area contributed by atoms with Crippen molar-refractivity contribution < 1.29 is 24.9 Å². The molecule has 0 bridgehead atoms. The highest BCUT2D eigenvalue weighted by atomic mass is 32.2. The molecule has 0 radical (unpaired) electrons. The highest BCUT2D eigenvalue weighted by Gasteiger charge is 2.38. The fourth-order valence-electron chi connectivity index (χ4n) is 0.590. The van der Waals surface area contributed by atoms with Crippen LogP contribution < -0.4 is 0 Å². The lowest BCUT2D eigenvalue weighted by Crippen LogP contribution is -2.37. The van der Waals surface area contributed by atoms with Gasteiger partial charge in [0.05, 0.1) is 6.42 Å². The molecule has 1 atom stereocenters. The van der Waals surface area contributed by atoms with Crippen molar-refractivity contribution in [3.63, 3.8) is 0 Å².